The van der Waals surface area contributed by atoms with Gasteiger partial charge >= 0.3 is 0 Å². The topological polar surface area (TPSA) is 38.5 Å². The zero-order valence-corrected chi connectivity index (χ0v) is 12.9. The van der Waals surface area contributed by atoms with Crippen LogP contribution in [-0.4, -0.2) is 26.2 Å². The monoisotopic (exact) mass is 264 g/mol. The van der Waals surface area contributed by atoms with Crippen molar-refractivity contribution in [1.82, 2.24) is 0 Å². The SMILES string of the molecule is CC(C)Oc1ccc(N(C)CC(CN)C(C)C)cc1. The van der Waals surface area contributed by atoms with E-state index in [1.807, 2.05) is 26.0 Å². The highest BCUT2D eigenvalue weighted by Gasteiger charge is 2.14. The standard InChI is InChI=1S/C16H28N2O/c1-12(2)14(10-17)11-18(5)15-6-8-16(9-7-15)19-13(3)4/h6-9,12-14H,10-11,17H2,1-5H3. The number of rotatable bonds is 7. The summed E-state index contributed by atoms with van der Waals surface area (Å²) >= 11 is 0. The van der Waals surface area contributed by atoms with Crippen LogP contribution >= 0.6 is 0 Å². The molecule has 0 saturated heterocycles. The van der Waals surface area contributed by atoms with Gasteiger partial charge in [0.05, 0.1) is 6.10 Å². The van der Waals surface area contributed by atoms with Crippen molar-refractivity contribution in [2.24, 2.45) is 17.6 Å². The maximum absolute atomic E-state index is 5.83. The van der Waals surface area contributed by atoms with E-state index >= 15 is 0 Å². The van der Waals surface area contributed by atoms with Crippen molar-refractivity contribution in [2.45, 2.75) is 33.8 Å². The van der Waals surface area contributed by atoms with Crippen molar-refractivity contribution in [3.63, 3.8) is 0 Å². The van der Waals surface area contributed by atoms with E-state index in [1.165, 1.54) is 5.69 Å². The first kappa shape index (κ1) is 15.8. The molecule has 0 radical (unpaired) electrons. The fourth-order valence-electron chi connectivity index (χ4n) is 2.07. The van der Waals surface area contributed by atoms with Gasteiger partial charge in [0.25, 0.3) is 0 Å². The Labute approximate surface area is 117 Å². The summed E-state index contributed by atoms with van der Waals surface area (Å²) in [5.41, 5.74) is 7.04. The lowest BCUT2D eigenvalue weighted by Gasteiger charge is -2.27. The highest BCUT2D eigenvalue weighted by molar-refractivity contribution is 5.48. The van der Waals surface area contributed by atoms with E-state index in [1.54, 1.807) is 0 Å². The van der Waals surface area contributed by atoms with Gasteiger partial charge in [0, 0.05) is 19.3 Å². The van der Waals surface area contributed by atoms with E-state index in [9.17, 15) is 0 Å². The van der Waals surface area contributed by atoms with Gasteiger partial charge in [-0.3, -0.25) is 0 Å². The van der Waals surface area contributed by atoms with Gasteiger partial charge in [-0.05, 0) is 56.5 Å². The Bertz CT molecular complexity index is 360. The number of nitrogens with zero attached hydrogens (tertiary/aromatic N) is 1. The van der Waals surface area contributed by atoms with E-state index in [2.05, 4.69) is 37.9 Å². The second-order valence-corrected chi connectivity index (χ2v) is 5.78. The van der Waals surface area contributed by atoms with E-state index in [4.69, 9.17) is 10.5 Å². The largest absolute Gasteiger partial charge is 0.491 e. The van der Waals surface area contributed by atoms with Crippen molar-refractivity contribution < 1.29 is 4.74 Å². The molecule has 0 spiro atoms. The minimum Gasteiger partial charge on any atom is -0.491 e. The number of hydrogen-bond acceptors (Lipinski definition) is 3. The molecule has 1 unspecified atom stereocenters. The van der Waals surface area contributed by atoms with Crippen molar-refractivity contribution in [1.29, 1.82) is 0 Å². The molecule has 1 rings (SSSR count). The second-order valence-electron chi connectivity index (χ2n) is 5.78. The molecule has 3 heteroatoms. The van der Waals surface area contributed by atoms with Crippen LogP contribution in [0.1, 0.15) is 27.7 Å². The molecule has 1 aromatic rings. The number of hydrogen-bond donors (Lipinski definition) is 1. The van der Waals surface area contributed by atoms with Gasteiger partial charge in [0.2, 0.25) is 0 Å². The van der Waals surface area contributed by atoms with Crippen LogP contribution in [0.2, 0.25) is 0 Å². The summed E-state index contributed by atoms with van der Waals surface area (Å²) in [6, 6.07) is 8.26. The van der Waals surface area contributed by atoms with E-state index in [0.717, 1.165) is 18.8 Å². The molecule has 0 aliphatic rings. The predicted molar refractivity (Wildman–Crippen MR) is 82.9 cm³/mol. The Hall–Kier alpha value is -1.22. The lowest BCUT2D eigenvalue weighted by Crippen LogP contribution is -2.33. The second kappa shape index (κ2) is 7.39. The summed E-state index contributed by atoms with van der Waals surface area (Å²) in [5, 5.41) is 0. The maximum Gasteiger partial charge on any atom is 0.119 e. The Morgan fingerprint density at radius 1 is 1.11 bits per heavy atom. The average molecular weight is 264 g/mol. The van der Waals surface area contributed by atoms with Crippen LogP contribution in [0.15, 0.2) is 24.3 Å². The Balaban J connectivity index is 2.64. The Morgan fingerprint density at radius 3 is 2.11 bits per heavy atom. The highest BCUT2D eigenvalue weighted by Crippen LogP contribution is 2.21. The maximum atomic E-state index is 5.83. The fourth-order valence-corrected chi connectivity index (χ4v) is 2.07. The zero-order chi connectivity index (χ0) is 14.4. The molecule has 1 atom stereocenters. The van der Waals surface area contributed by atoms with Gasteiger partial charge in [0.15, 0.2) is 0 Å². The quantitative estimate of drug-likeness (QED) is 0.822. The molecule has 1 aromatic carbocycles. The van der Waals surface area contributed by atoms with E-state index < -0.39 is 0 Å². The first-order valence-electron chi connectivity index (χ1n) is 7.12. The van der Waals surface area contributed by atoms with Gasteiger partial charge in [-0.15, -0.1) is 0 Å². The van der Waals surface area contributed by atoms with Crippen LogP contribution in [0.5, 0.6) is 5.75 Å². The molecule has 108 valence electrons. The highest BCUT2D eigenvalue weighted by atomic mass is 16.5. The number of benzene rings is 1. The Morgan fingerprint density at radius 2 is 1.68 bits per heavy atom. The third-order valence-electron chi connectivity index (χ3n) is 3.40. The molecule has 0 bridgehead atoms. The molecule has 19 heavy (non-hydrogen) atoms. The first-order valence-corrected chi connectivity index (χ1v) is 7.12. The molecule has 0 aliphatic heterocycles. The Kier molecular flexibility index (Phi) is 6.16. The molecular formula is C16H28N2O. The van der Waals surface area contributed by atoms with Crippen molar-refractivity contribution in [3.05, 3.63) is 24.3 Å². The minimum atomic E-state index is 0.214. The summed E-state index contributed by atoms with van der Waals surface area (Å²) < 4.78 is 5.65. The van der Waals surface area contributed by atoms with Crippen LogP contribution in [-0.2, 0) is 0 Å². The molecule has 0 fully saturated rings. The van der Waals surface area contributed by atoms with Gasteiger partial charge < -0.3 is 15.4 Å². The first-order chi connectivity index (χ1) is 8.93. The molecule has 3 nitrogen and oxygen atoms in total. The summed E-state index contributed by atoms with van der Waals surface area (Å²) in [4.78, 5) is 2.26. The van der Waals surface area contributed by atoms with Gasteiger partial charge in [-0.25, -0.2) is 0 Å². The summed E-state index contributed by atoms with van der Waals surface area (Å²) in [6.07, 6.45) is 0.214. The molecule has 0 amide bonds. The molecule has 0 aromatic heterocycles. The molecule has 2 N–H and O–H groups in total. The zero-order valence-electron chi connectivity index (χ0n) is 12.9. The number of anilines is 1. The average Bonchev–Trinajstić information content (AvgIpc) is 2.35. The van der Waals surface area contributed by atoms with Gasteiger partial charge in [-0.1, -0.05) is 13.8 Å². The van der Waals surface area contributed by atoms with E-state index in [0.29, 0.717) is 11.8 Å². The van der Waals surface area contributed by atoms with Gasteiger partial charge in [-0.2, -0.15) is 0 Å². The van der Waals surface area contributed by atoms with Crippen LogP contribution < -0.4 is 15.4 Å². The third-order valence-corrected chi connectivity index (χ3v) is 3.40. The molecule has 0 saturated carbocycles. The molecule has 0 aliphatic carbocycles. The molecule has 0 heterocycles. The lowest BCUT2D eigenvalue weighted by molar-refractivity contribution is 0.242. The summed E-state index contributed by atoms with van der Waals surface area (Å²) in [6.45, 7) is 10.2. The van der Waals surface area contributed by atoms with Crippen LogP contribution in [0.25, 0.3) is 0 Å². The molecular weight excluding hydrogens is 236 g/mol. The van der Waals surface area contributed by atoms with Crippen LogP contribution in [0.3, 0.4) is 0 Å². The predicted octanol–water partition coefficient (Wildman–Crippen LogP) is 3.14. The summed E-state index contributed by atoms with van der Waals surface area (Å²) in [7, 11) is 2.11. The normalized spacial score (nSPS) is 12.8. The van der Waals surface area contributed by atoms with Crippen LogP contribution in [0, 0.1) is 11.8 Å². The van der Waals surface area contributed by atoms with Crippen molar-refractivity contribution in [2.75, 3.05) is 25.0 Å². The van der Waals surface area contributed by atoms with Crippen molar-refractivity contribution in [3.8, 4) is 5.75 Å². The van der Waals surface area contributed by atoms with Crippen molar-refractivity contribution >= 4 is 5.69 Å². The summed E-state index contributed by atoms with van der Waals surface area (Å²) in [5.74, 6) is 2.05. The lowest BCUT2D eigenvalue weighted by atomic mass is 9.95. The van der Waals surface area contributed by atoms with Crippen LogP contribution in [0.4, 0.5) is 5.69 Å². The third kappa shape index (κ3) is 5.11. The minimum absolute atomic E-state index is 0.214. The smallest absolute Gasteiger partial charge is 0.119 e. The fraction of sp³-hybridized carbons (Fsp3) is 0.625. The number of ether oxygens (including phenoxy) is 1. The van der Waals surface area contributed by atoms with Gasteiger partial charge in [0.1, 0.15) is 5.75 Å². The number of nitrogens with two attached hydrogens (primary N) is 1. The van der Waals surface area contributed by atoms with E-state index in [-0.39, 0.29) is 6.10 Å².